The molecule has 4 heteroatoms. The first-order valence-corrected chi connectivity index (χ1v) is 5.51. The van der Waals surface area contributed by atoms with Crippen molar-refractivity contribution in [2.75, 3.05) is 6.61 Å². The molecular formula is C13H17N3O. The van der Waals surface area contributed by atoms with Gasteiger partial charge in [0.25, 0.3) is 0 Å². The van der Waals surface area contributed by atoms with Crippen LogP contribution in [0.4, 0.5) is 0 Å². The van der Waals surface area contributed by atoms with Crippen molar-refractivity contribution in [3.8, 4) is 12.1 Å². The molecule has 0 aliphatic rings. The molecule has 0 heterocycles. The summed E-state index contributed by atoms with van der Waals surface area (Å²) in [6, 6.07) is 10.6. The second-order valence-corrected chi connectivity index (χ2v) is 3.35. The van der Waals surface area contributed by atoms with Crippen molar-refractivity contribution in [1.82, 2.24) is 0 Å². The Labute approximate surface area is 102 Å². The van der Waals surface area contributed by atoms with E-state index in [2.05, 4.69) is 11.8 Å². The van der Waals surface area contributed by atoms with Crippen molar-refractivity contribution < 1.29 is 4.84 Å². The Hall–Kier alpha value is -1.88. The van der Waals surface area contributed by atoms with Crippen molar-refractivity contribution in [1.29, 1.82) is 10.5 Å². The second-order valence-electron chi connectivity index (χ2n) is 3.35. The van der Waals surface area contributed by atoms with Crippen LogP contribution in [-0.2, 0) is 4.84 Å². The zero-order valence-electron chi connectivity index (χ0n) is 10.0. The summed E-state index contributed by atoms with van der Waals surface area (Å²) < 4.78 is 0. The number of rotatable bonds is 4. The smallest absolute Gasteiger partial charge is 0.101 e. The van der Waals surface area contributed by atoms with Crippen LogP contribution in [0.25, 0.3) is 0 Å². The maximum Gasteiger partial charge on any atom is 0.101 e. The molecule has 4 nitrogen and oxygen atoms in total. The largest absolute Gasteiger partial charge is 0.305 e. The molecule has 0 amide bonds. The molecule has 17 heavy (non-hydrogen) atoms. The monoisotopic (exact) mass is 231 g/mol. The number of nitrogens with two attached hydrogens (primary N) is 1. The summed E-state index contributed by atoms with van der Waals surface area (Å²) in [5, 5.41) is 16.9. The molecule has 0 unspecified atom stereocenters. The highest BCUT2D eigenvalue weighted by atomic mass is 16.6. The first kappa shape index (κ1) is 15.1. The molecule has 0 saturated carbocycles. The Bertz CT molecular complexity index is 353. The molecule has 0 radical (unpaired) electrons. The Kier molecular flexibility index (Phi) is 9.46. The standard InChI is InChI=1S/C8H4N2.C5H13NO/c9-5-7-3-1-2-4-8(7)6-10;1-2-3-4-5-7-6/h1-4H;2-6H2,1H3. The average Bonchev–Trinajstić information content (AvgIpc) is 2.40. The van der Waals surface area contributed by atoms with Crippen LogP contribution in [0.1, 0.15) is 37.3 Å². The summed E-state index contributed by atoms with van der Waals surface area (Å²) in [4.78, 5) is 4.34. The molecule has 0 bridgehead atoms. The molecule has 0 aliphatic heterocycles. The predicted molar refractivity (Wildman–Crippen MR) is 65.5 cm³/mol. The van der Waals surface area contributed by atoms with Crippen LogP contribution < -0.4 is 5.90 Å². The number of hydrogen-bond acceptors (Lipinski definition) is 4. The van der Waals surface area contributed by atoms with Crippen molar-refractivity contribution in [3.05, 3.63) is 35.4 Å². The van der Waals surface area contributed by atoms with Gasteiger partial charge in [-0.05, 0) is 18.6 Å². The molecule has 1 rings (SSSR count). The Morgan fingerprint density at radius 2 is 1.65 bits per heavy atom. The molecule has 1 aromatic rings. The second kappa shape index (κ2) is 10.6. The van der Waals surface area contributed by atoms with Crippen molar-refractivity contribution >= 4 is 0 Å². The van der Waals surface area contributed by atoms with Crippen LogP contribution in [-0.4, -0.2) is 6.61 Å². The maximum absolute atomic E-state index is 8.45. The Morgan fingerprint density at radius 3 is 2.00 bits per heavy atom. The fourth-order valence-corrected chi connectivity index (χ4v) is 1.11. The maximum atomic E-state index is 8.45. The fourth-order valence-electron chi connectivity index (χ4n) is 1.11. The van der Waals surface area contributed by atoms with E-state index in [-0.39, 0.29) is 0 Å². The molecule has 1 aromatic carbocycles. The Balaban J connectivity index is 0.000000325. The molecule has 90 valence electrons. The summed E-state index contributed by atoms with van der Waals surface area (Å²) >= 11 is 0. The van der Waals surface area contributed by atoms with Gasteiger partial charge < -0.3 is 4.84 Å². The van der Waals surface area contributed by atoms with Gasteiger partial charge in [-0.25, -0.2) is 5.90 Å². The molecule has 0 atom stereocenters. The number of nitriles is 2. The SMILES string of the molecule is CCCCCON.N#Cc1ccccc1C#N. The normalized spacial score (nSPS) is 8.47. The van der Waals surface area contributed by atoms with E-state index in [1.165, 1.54) is 12.8 Å². The van der Waals surface area contributed by atoms with Crippen LogP contribution >= 0.6 is 0 Å². The van der Waals surface area contributed by atoms with E-state index in [0.717, 1.165) is 6.42 Å². The molecule has 2 N–H and O–H groups in total. The van der Waals surface area contributed by atoms with Gasteiger partial charge in [0.15, 0.2) is 0 Å². The first-order chi connectivity index (χ1) is 8.29. The summed E-state index contributed by atoms with van der Waals surface area (Å²) in [5.41, 5.74) is 0.870. The van der Waals surface area contributed by atoms with Gasteiger partial charge in [0, 0.05) is 0 Å². The highest BCUT2D eigenvalue weighted by molar-refractivity contribution is 5.44. The summed E-state index contributed by atoms with van der Waals surface area (Å²) in [5.74, 6) is 4.77. The first-order valence-electron chi connectivity index (χ1n) is 5.51. The summed E-state index contributed by atoms with van der Waals surface area (Å²) in [7, 11) is 0. The third-order valence-corrected chi connectivity index (χ3v) is 2.03. The summed E-state index contributed by atoms with van der Waals surface area (Å²) in [6.07, 6.45) is 3.54. The van der Waals surface area contributed by atoms with Crippen molar-refractivity contribution in [3.63, 3.8) is 0 Å². The lowest BCUT2D eigenvalue weighted by Crippen LogP contribution is -1.99. The van der Waals surface area contributed by atoms with Gasteiger partial charge in [0.05, 0.1) is 17.7 Å². The summed E-state index contributed by atoms with van der Waals surface area (Å²) in [6.45, 7) is 2.85. The molecule has 0 aromatic heterocycles. The van der Waals surface area contributed by atoms with Crippen LogP contribution in [0.5, 0.6) is 0 Å². The highest BCUT2D eigenvalue weighted by Crippen LogP contribution is 2.03. The van der Waals surface area contributed by atoms with Crippen LogP contribution in [0, 0.1) is 22.7 Å². The molecule has 0 saturated heterocycles. The third-order valence-electron chi connectivity index (χ3n) is 2.03. The zero-order chi connectivity index (χ0) is 12.9. The number of benzene rings is 1. The van der Waals surface area contributed by atoms with E-state index in [4.69, 9.17) is 16.4 Å². The third kappa shape index (κ3) is 7.08. The Morgan fingerprint density at radius 1 is 1.12 bits per heavy atom. The van der Waals surface area contributed by atoms with Crippen LogP contribution in [0.15, 0.2) is 24.3 Å². The minimum Gasteiger partial charge on any atom is -0.305 e. The topological polar surface area (TPSA) is 82.8 Å². The van der Waals surface area contributed by atoms with Crippen LogP contribution in [0.3, 0.4) is 0 Å². The van der Waals surface area contributed by atoms with Gasteiger partial charge in [0.2, 0.25) is 0 Å². The van der Waals surface area contributed by atoms with Crippen molar-refractivity contribution in [2.24, 2.45) is 5.90 Å². The van der Waals surface area contributed by atoms with Gasteiger partial charge in [-0.1, -0.05) is 31.9 Å². The van der Waals surface area contributed by atoms with Gasteiger partial charge in [-0.3, -0.25) is 0 Å². The lowest BCUT2D eigenvalue weighted by molar-refractivity contribution is 0.134. The highest BCUT2D eigenvalue weighted by Gasteiger charge is 1.95. The van der Waals surface area contributed by atoms with Crippen LogP contribution in [0.2, 0.25) is 0 Å². The molecule has 0 fully saturated rings. The number of unbranched alkanes of at least 4 members (excludes halogenated alkanes) is 2. The van der Waals surface area contributed by atoms with E-state index < -0.39 is 0 Å². The average molecular weight is 231 g/mol. The minimum atomic E-state index is 0.435. The lowest BCUT2D eigenvalue weighted by Gasteiger charge is -1.92. The molecule has 0 aliphatic carbocycles. The van der Waals surface area contributed by atoms with E-state index in [9.17, 15) is 0 Å². The van der Waals surface area contributed by atoms with E-state index in [1.54, 1.807) is 24.3 Å². The lowest BCUT2D eigenvalue weighted by atomic mass is 10.1. The van der Waals surface area contributed by atoms with E-state index in [1.807, 2.05) is 12.1 Å². The zero-order valence-corrected chi connectivity index (χ0v) is 10.0. The quantitative estimate of drug-likeness (QED) is 0.637. The van der Waals surface area contributed by atoms with Gasteiger partial charge in [-0.15, -0.1) is 0 Å². The van der Waals surface area contributed by atoms with Gasteiger partial charge >= 0.3 is 0 Å². The van der Waals surface area contributed by atoms with Crippen molar-refractivity contribution in [2.45, 2.75) is 26.2 Å². The molecular weight excluding hydrogens is 214 g/mol. The van der Waals surface area contributed by atoms with E-state index >= 15 is 0 Å². The number of nitrogens with zero attached hydrogens (tertiary/aromatic N) is 2. The van der Waals surface area contributed by atoms with Gasteiger partial charge in [-0.2, -0.15) is 10.5 Å². The van der Waals surface area contributed by atoms with E-state index in [0.29, 0.717) is 17.7 Å². The number of hydrogen-bond donors (Lipinski definition) is 1. The minimum absolute atomic E-state index is 0.435. The van der Waals surface area contributed by atoms with Gasteiger partial charge in [0.1, 0.15) is 12.1 Å². The molecule has 0 spiro atoms. The predicted octanol–water partition coefficient (Wildman–Crippen LogP) is 2.50. The fraction of sp³-hybridized carbons (Fsp3) is 0.385.